The fraction of sp³-hybridized carbons (Fsp3) is 0.452. The van der Waals surface area contributed by atoms with Crippen LogP contribution in [0, 0.1) is 11.8 Å². The molecule has 8 nitrogen and oxygen atoms in total. The molecule has 2 aromatic rings. The third kappa shape index (κ3) is 4.08. The summed E-state index contributed by atoms with van der Waals surface area (Å²) in [6.07, 6.45) is 10.3. The van der Waals surface area contributed by atoms with Crippen molar-refractivity contribution in [2.45, 2.75) is 49.9 Å². The molecule has 2 saturated heterocycles. The van der Waals surface area contributed by atoms with Crippen LogP contribution in [0.2, 0.25) is 0 Å². The summed E-state index contributed by atoms with van der Waals surface area (Å²) < 4.78 is 12.5. The molecule has 1 N–H and O–H groups in total. The molecule has 2 fully saturated rings. The van der Waals surface area contributed by atoms with Gasteiger partial charge in [-0.2, -0.15) is 0 Å². The number of ether oxygens (including phenoxy) is 2. The maximum atomic E-state index is 14.5. The number of anilines is 1. The fourth-order valence-corrected chi connectivity index (χ4v) is 6.85. The summed E-state index contributed by atoms with van der Waals surface area (Å²) in [6.45, 7) is 2.46. The number of hydrogen-bond acceptors (Lipinski definition) is 6. The van der Waals surface area contributed by atoms with Gasteiger partial charge in [-0.3, -0.25) is 14.4 Å². The summed E-state index contributed by atoms with van der Waals surface area (Å²) in [7, 11) is 0. The van der Waals surface area contributed by atoms with Gasteiger partial charge in [-0.1, -0.05) is 54.6 Å². The van der Waals surface area contributed by atoms with Crippen LogP contribution in [0.1, 0.15) is 32.6 Å². The Morgan fingerprint density at radius 3 is 2.62 bits per heavy atom. The van der Waals surface area contributed by atoms with E-state index in [2.05, 4.69) is 0 Å². The molecule has 8 heteroatoms. The zero-order chi connectivity index (χ0) is 27.2. The first kappa shape index (κ1) is 25.8. The number of carbonyl (C=O) groups excluding carboxylic acids is 3. The van der Waals surface area contributed by atoms with Gasteiger partial charge in [-0.25, -0.2) is 0 Å². The molecule has 204 valence electrons. The molecular weight excluding hydrogens is 496 g/mol. The number of hydrogen-bond donors (Lipinski definition) is 1. The van der Waals surface area contributed by atoms with Crippen molar-refractivity contribution < 1.29 is 29.0 Å². The van der Waals surface area contributed by atoms with Crippen LogP contribution in [-0.4, -0.2) is 71.3 Å². The standard InChI is InChI=1S/C31H34N2O6/c1-30-14-6-2-3-7-19-38-29(37)25(30)24-27(35)33(17-9-18-34)26-28(36)32(16-8-15-31(24,26)39-30)23-13-12-21-10-4-5-11-22(21)20-23/h4-6,8,10-15,20,24-26,34H,2-3,7,9,16-19H2,1H3/b14-6-/t24-,25+,26?,30-,31-/m0/s1. The number of aliphatic hydroxyl groups excluding tert-OH is 1. The fourth-order valence-electron chi connectivity index (χ4n) is 6.85. The minimum Gasteiger partial charge on any atom is -0.465 e. The van der Waals surface area contributed by atoms with E-state index in [-0.39, 0.29) is 31.6 Å². The molecule has 0 aromatic heterocycles. The first-order valence-electron chi connectivity index (χ1n) is 13.8. The van der Waals surface area contributed by atoms with Crippen LogP contribution in [0.15, 0.2) is 66.8 Å². The van der Waals surface area contributed by atoms with E-state index in [9.17, 15) is 19.5 Å². The van der Waals surface area contributed by atoms with Crippen molar-refractivity contribution in [1.82, 2.24) is 4.90 Å². The molecule has 0 radical (unpaired) electrons. The van der Waals surface area contributed by atoms with Gasteiger partial charge in [0.05, 0.1) is 18.1 Å². The molecule has 1 unspecified atom stereocenters. The molecular formula is C31H34N2O6. The summed E-state index contributed by atoms with van der Waals surface area (Å²) in [4.78, 5) is 45.3. The van der Waals surface area contributed by atoms with Crippen LogP contribution in [-0.2, 0) is 23.9 Å². The molecule has 2 aromatic carbocycles. The van der Waals surface area contributed by atoms with Crippen LogP contribution in [0.4, 0.5) is 5.69 Å². The van der Waals surface area contributed by atoms with Gasteiger partial charge in [0.25, 0.3) is 5.91 Å². The van der Waals surface area contributed by atoms with Gasteiger partial charge in [0.2, 0.25) is 5.91 Å². The second-order valence-corrected chi connectivity index (χ2v) is 11.1. The highest BCUT2D eigenvalue weighted by molar-refractivity contribution is 6.06. The van der Waals surface area contributed by atoms with Crippen molar-refractivity contribution >= 4 is 34.2 Å². The van der Waals surface area contributed by atoms with Crippen molar-refractivity contribution in [3.05, 3.63) is 66.8 Å². The molecule has 2 amide bonds. The summed E-state index contributed by atoms with van der Waals surface area (Å²) in [5, 5.41) is 11.7. The largest absolute Gasteiger partial charge is 0.465 e. The monoisotopic (exact) mass is 530 g/mol. The lowest BCUT2D eigenvalue weighted by molar-refractivity contribution is -0.158. The van der Waals surface area contributed by atoms with Crippen LogP contribution in [0.5, 0.6) is 0 Å². The number of aliphatic hydroxyl groups is 1. The predicted octanol–water partition coefficient (Wildman–Crippen LogP) is 3.38. The lowest BCUT2D eigenvalue weighted by Crippen LogP contribution is -2.56. The molecule has 0 bridgehead atoms. The highest BCUT2D eigenvalue weighted by atomic mass is 16.6. The lowest BCUT2D eigenvalue weighted by Gasteiger charge is -2.37. The Morgan fingerprint density at radius 2 is 1.79 bits per heavy atom. The van der Waals surface area contributed by atoms with Gasteiger partial charge in [-0.05, 0) is 55.5 Å². The molecule has 4 aliphatic heterocycles. The van der Waals surface area contributed by atoms with E-state index in [0.29, 0.717) is 13.0 Å². The Hall–Kier alpha value is -3.49. The van der Waals surface area contributed by atoms with Crippen LogP contribution in [0.25, 0.3) is 10.8 Å². The van der Waals surface area contributed by atoms with E-state index < -0.39 is 35.0 Å². The number of fused-ring (bicyclic) bond motifs is 3. The van der Waals surface area contributed by atoms with Crippen LogP contribution < -0.4 is 4.90 Å². The van der Waals surface area contributed by atoms with E-state index in [1.807, 2.05) is 73.7 Å². The number of amides is 2. The first-order valence-corrected chi connectivity index (χ1v) is 13.8. The zero-order valence-electron chi connectivity index (χ0n) is 22.1. The van der Waals surface area contributed by atoms with Crippen molar-refractivity contribution in [3.63, 3.8) is 0 Å². The summed E-state index contributed by atoms with van der Waals surface area (Å²) in [5.74, 6) is -2.87. The van der Waals surface area contributed by atoms with Crippen molar-refractivity contribution in [2.75, 3.05) is 31.2 Å². The van der Waals surface area contributed by atoms with Gasteiger partial charge >= 0.3 is 5.97 Å². The topological polar surface area (TPSA) is 96.4 Å². The Bertz CT molecular complexity index is 1370. The maximum Gasteiger partial charge on any atom is 0.313 e. The van der Waals surface area contributed by atoms with E-state index in [4.69, 9.17) is 9.47 Å². The molecule has 5 atom stereocenters. The van der Waals surface area contributed by atoms with Crippen LogP contribution in [0.3, 0.4) is 0 Å². The van der Waals surface area contributed by atoms with Gasteiger partial charge in [-0.15, -0.1) is 0 Å². The SMILES string of the molecule is C[C@]12/C=C\CCCCOC(=O)[C@H]1[C@H]1C(=O)N(CCCO)C3C(=O)N(c4ccc5ccccc5c4)CC=C[C@@]31O2. The molecule has 4 heterocycles. The van der Waals surface area contributed by atoms with E-state index >= 15 is 0 Å². The quantitative estimate of drug-likeness (QED) is 0.481. The molecule has 0 saturated carbocycles. The molecule has 39 heavy (non-hydrogen) atoms. The average molecular weight is 531 g/mol. The second-order valence-electron chi connectivity index (χ2n) is 11.1. The lowest BCUT2D eigenvalue weighted by atomic mass is 9.74. The smallest absolute Gasteiger partial charge is 0.313 e. The highest BCUT2D eigenvalue weighted by Gasteiger charge is 2.74. The molecule has 1 spiro atoms. The normalized spacial score (nSPS) is 33.4. The second kappa shape index (κ2) is 9.92. The molecule has 0 aliphatic carbocycles. The van der Waals surface area contributed by atoms with Gasteiger partial charge in [0.15, 0.2) is 0 Å². The Balaban J connectivity index is 1.46. The Labute approximate surface area is 227 Å². The van der Waals surface area contributed by atoms with E-state index in [1.54, 1.807) is 4.90 Å². The Morgan fingerprint density at radius 1 is 0.974 bits per heavy atom. The van der Waals surface area contributed by atoms with E-state index in [1.165, 1.54) is 4.90 Å². The number of benzene rings is 2. The molecule has 4 aliphatic rings. The van der Waals surface area contributed by atoms with Gasteiger partial charge in [0.1, 0.15) is 17.6 Å². The predicted molar refractivity (Wildman–Crippen MR) is 146 cm³/mol. The average Bonchev–Trinajstić information content (AvgIpc) is 3.26. The number of nitrogens with zero attached hydrogens (tertiary/aromatic N) is 2. The number of allylic oxidation sites excluding steroid dienone is 1. The van der Waals surface area contributed by atoms with Gasteiger partial charge in [0, 0.05) is 25.4 Å². The third-order valence-corrected chi connectivity index (χ3v) is 8.60. The van der Waals surface area contributed by atoms with Crippen molar-refractivity contribution in [3.8, 4) is 0 Å². The van der Waals surface area contributed by atoms with Crippen molar-refractivity contribution in [2.24, 2.45) is 11.8 Å². The molecule has 6 rings (SSSR count). The third-order valence-electron chi connectivity index (χ3n) is 8.60. The number of esters is 1. The summed E-state index contributed by atoms with van der Waals surface area (Å²) in [6, 6.07) is 12.8. The zero-order valence-corrected chi connectivity index (χ0v) is 22.1. The highest BCUT2D eigenvalue weighted by Crippen LogP contribution is 2.57. The minimum absolute atomic E-state index is 0.126. The number of cyclic esters (lactones) is 1. The summed E-state index contributed by atoms with van der Waals surface area (Å²) in [5.41, 5.74) is -1.73. The number of rotatable bonds is 4. The van der Waals surface area contributed by atoms with Crippen molar-refractivity contribution in [1.29, 1.82) is 0 Å². The number of carbonyl (C=O) groups is 3. The number of likely N-dealkylation sites (tertiary alicyclic amines) is 1. The minimum atomic E-state index is -1.34. The maximum absolute atomic E-state index is 14.5. The van der Waals surface area contributed by atoms with Crippen LogP contribution >= 0.6 is 0 Å². The van der Waals surface area contributed by atoms with E-state index in [0.717, 1.165) is 35.7 Å². The first-order chi connectivity index (χ1) is 18.9. The summed E-state index contributed by atoms with van der Waals surface area (Å²) >= 11 is 0. The van der Waals surface area contributed by atoms with Gasteiger partial charge < -0.3 is 24.4 Å². The Kier molecular flexibility index (Phi) is 6.55.